The highest BCUT2D eigenvalue weighted by atomic mass is 32.2. The van der Waals surface area contributed by atoms with Gasteiger partial charge >= 0.3 is 0 Å². The molecule has 1 atom stereocenters. The minimum atomic E-state index is 0.293. The monoisotopic (exact) mass is 252 g/mol. The summed E-state index contributed by atoms with van der Waals surface area (Å²) in [6, 6.07) is 8.96. The van der Waals surface area contributed by atoms with Crippen molar-refractivity contribution in [2.24, 2.45) is 5.84 Å². The van der Waals surface area contributed by atoms with E-state index in [2.05, 4.69) is 57.4 Å². The van der Waals surface area contributed by atoms with Crippen molar-refractivity contribution < 1.29 is 0 Å². The van der Waals surface area contributed by atoms with Gasteiger partial charge in [-0.1, -0.05) is 50.6 Å². The molecule has 0 aliphatic heterocycles. The zero-order valence-corrected chi connectivity index (χ0v) is 12.1. The van der Waals surface area contributed by atoms with Gasteiger partial charge in [-0.3, -0.25) is 11.3 Å². The van der Waals surface area contributed by atoms with Crippen LogP contribution in [0, 0.1) is 6.92 Å². The van der Waals surface area contributed by atoms with Gasteiger partial charge in [-0.05, 0) is 18.9 Å². The highest BCUT2D eigenvalue weighted by molar-refractivity contribution is 8.00. The third-order valence-electron chi connectivity index (χ3n) is 2.52. The summed E-state index contributed by atoms with van der Waals surface area (Å²) < 4.78 is 0.293. The first-order valence-corrected chi connectivity index (χ1v) is 7.05. The van der Waals surface area contributed by atoms with Crippen molar-refractivity contribution >= 4 is 11.8 Å². The molecule has 3 heteroatoms. The maximum Gasteiger partial charge on any atom is 0.0341 e. The highest BCUT2D eigenvalue weighted by Crippen LogP contribution is 2.24. The standard InChI is InChI=1S/C14H24N2S/c1-11-6-5-7-12(8-11)9-13(16-15)10-17-14(2,3)4/h5-8,13,16H,9-10,15H2,1-4H3. The van der Waals surface area contributed by atoms with Crippen LogP contribution >= 0.6 is 11.8 Å². The van der Waals surface area contributed by atoms with Crippen molar-refractivity contribution in [2.75, 3.05) is 5.75 Å². The molecule has 2 nitrogen and oxygen atoms in total. The zero-order valence-electron chi connectivity index (χ0n) is 11.3. The van der Waals surface area contributed by atoms with E-state index in [1.807, 2.05) is 11.8 Å². The molecule has 0 saturated heterocycles. The molecule has 0 amide bonds. The van der Waals surface area contributed by atoms with Crippen LogP contribution in [-0.2, 0) is 6.42 Å². The maximum absolute atomic E-state index is 5.62. The lowest BCUT2D eigenvalue weighted by Gasteiger charge is -2.22. The van der Waals surface area contributed by atoms with Crippen LogP contribution in [0.1, 0.15) is 31.9 Å². The Labute approximate surface area is 109 Å². The van der Waals surface area contributed by atoms with E-state index in [-0.39, 0.29) is 0 Å². The molecular weight excluding hydrogens is 228 g/mol. The Balaban J connectivity index is 2.52. The Morgan fingerprint density at radius 2 is 2.06 bits per heavy atom. The van der Waals surface area contributed by atoms with Crippen LogP contribution in [0.5, 0.6) is 0 Å². The Morgan fingerprint density at radius 1 is 1.35 bits per heavy atom. The Bertz CT molecular complexity index is 344. The third-order valence-corrected chi connectivity index (χ3v) is 3.95. The predicted octanol–water partition coefficient (Wildman–Crippen LogP) is 2.90. The van der Waals surface area contributed by atoms with Crippen LogP contribution < -0.4 is 11.3 Å². The van der Waals surface area contributed by atoms with Gasteiger partial charge in [0.2, 0.25) is 0 Å². The molecule has 96 valence electrons. The summed E-state index contributed by atoms with van der Waals surface area (Å²) in [5.41, 5.74) is 5.58. The summed E-state index contributed by atoms with van der Waals surface area (Å²) in [7, 11) is 0. The topological polar surface area (TPSA) is 38.0 Å². The van der Waals surface area contributed by atoms with Crippen LogP contribution in [0.2, 0.25) is 0 Å². The average Bonchev–Trinajstić information content (AvgIpc) is 2.23. The van der Waals surface area contributed by atoms with Crippen LogP contribution in [0.25, 0.3) is 0 Å². The number of nitrogens with two attached hydrogens (primary N) is 1. The molecule has 0 aliphatic carbocycles. The van der Waals surface area contributed by atoms with Gasteiger partial charge in [0.25, 0.3) is 0 Å². The van der Waals surface area contributed by atoms with Crippen LogP contribution in [0.3, 0.4) is 0 Å². The van der Waals surface area contributed by atoms with E-state index in [1.54, 1.807) is 0 Å². The Morgan fingerprint density at radius 3 is 2.59 bits per heavy atom. The fourth-order valence-corrected chi connectivity index (χ4v) is 2.56. The van der Waals surface area contributed by atoms with Crippen molar-refractivity contribution in [3.8, 4) is 0 Å². The second-order valence-corrected chi connectivity index (χ2v) is 7.33. The van der Waals surface area contributed by atoms with E-state index in [0.717, 1.165) is 12.2 Å². The zero-order chi connectivity index (χ0) is 12.9. The first-order valence-electron chi connectivity index (χ1n) is 6.06. The summed E-state index contributed by atoms with van der Waals surface area (Å²) in [5, 5.41) is 0. The molecule has 0 heterocycles. The van der Waals surface area contributed by atoms with Gasteiger partial charge < -0.3 is 0 Å². The molecule has 0 saturated carbocycles. The van der Waals surface area contributed by atoms with Gasteiger partial charge in [0, 0.05) is 16.5 Å². The molecule has 0 aliphatic rings. The van der Waals surface area contributed by atoms with E-state index in [9.17, 15) is 0 Å². The number of hydrogen-bond acceptors (Lipinski definition) is 3. The number of thioether (sulfide) groups is 1. The first-order chi connectivity index (χ1) is 7.90. The SMILES string of the molecule is Cc1cccc(CC(CSC(C)(C)C)NN)c1. The van der Waals surface area contributed by atoms with Gasteiger partial charge in [0.15, 0.2) is 0 Å². The predicted molar refractivity (Wildman–Crippen MR) is 78.2 cm³/mol. The van der Waals surface area contributed by atoms with Crippen LogP contribution in [-0.4, -0.2) is 16.5 Å². The molecule has 0 fully saturated rings. The van der Waals surface area contributed by atoms with Crippen molar-refractivity contribution in [3.05, 3.63) is 35.4 Å². The van der Waals surface area contributed by atoms with Gasteiger partial charge in [-0.25, -0.2) is 0 Å². The highest BCUT2D eigenvalue weighted by Gasteiger charge is 2.15. The van der Waals surface area contributed by atoms with E-state index < -0.39 is 0 Å². The molecule has 0 aromatic heterocycles. The molecule has 3 N–H and O–H groups in total. The summed E-state index contributed by atoms with van der Waals surface area (Å²) in [5.74, 6) is 6.66. The van der Waals surface area contributed by atoms with Crippen molar-refractivity contribution in [2.45, 2.75) is 44.9 Å². The molecule has 1 aromatic rings. The van der Waals surface area contributed by atoms with Crippen LogP contribution in [0.15, 0.2) is 24.3 Å². The largest absolute Gasteiger partial charge is 0.271 e. The molecule has 0 bridgehead atoms. The van der Waals surface area contributed by atoms with E-state index in [4.69, 9.17) is 5.84 Å². The molecule has 0 radical (unpaired) electrons. The van der Waals surface area contributed by atoms with E-state index in [0.29, 0.717) is 10.8 Å². The molecule has 0 spiro atoms. The van der Waals surface area contributed by atoms with Crippen molar-refractivity contribution in [1.82, 2.24) is 5.43 Å². The second kappa shape index (κ2) is 6.43. The van der Waals surface area contributed by atoms with Crippen molar-refractivity contribution in [3.63, 3.8) is 0 Å². The number of hydrazine groups is 1. The van der Waals surface area contributed by atoms with E-state index >= 15 is 0 Å². The fourth-order valence-electron chi connectivity index (χ4n) is 1.64. The summed E-state index contributed by atoms with van der Waals surface area (Å²) in [4.78, 5) is 0. The quantitative estimate of drug-likeness (QED) is 0.625. The molecule has 17 heavy (non-hydrogen) atoms. The second-order valence-electron chi connectivity index (χ2n) is 5.48. The Hall–Kier alpha value is -0.510. The number of rotatable bonds is 5. The third kappa shape index (κ3) is 6.10. The normalized spacial score (nSPS) is 13.7. The first kappa shape index (κ1) is 14.6. The summed E-state index contributed by atoms with van der Waals surface area (Å²) in [6.45, 7) is 8.83. The average molecular weight is 252 g/mol. The van der Waals surface area contributed by atoms with E-state index in [1.165, 1.54) is 11.1 Å². The maximum atomic E-state index is 5.62. The molecule has 1 aromatic carbocycles. The number of aryl methyl sites for hydroxylation is 1. The lowest BCUT2D eigenvalue weighted by molar-refractivity contribution is 0.573. The van der Waals surface area contributed by atoms with Crippen molar-refractivity contribution in [1.29, 1.82) is 0 Å². The lowest BCUT2D eigenvalue weighted by Crippen LogP contribution is -2.39. The molecule has 1 unspecified atom stereocenters. The number of benzene rings is 1. The Kier molecular flexibility index (Phi) is 5.50. The van der Waals surface area contributed by atoms with Gasteiger partial charge in [-0.15, -0.1) is 0 Å². The van der Waals surface area contributed by atoms with Crippen LogP contribution in [0.4, 0.5) is 0 Å². The van der Waals surface area contributed by atoms with Gasteiger partial charge in [-0.2, -0.15) is 11.8 Å². The fraction of sp³-hybridized carbons (Fsp3) is 0.571. The van der Waals surface area contributed by atoms with Gasteiger partial charge in [0.1, 0.15) is 0 Å². The molecule has 1 rings (SSSR count). The lowest BCUT2D eigenvalue weighted by atomic mass is 10.1. The molecular formula is C14H24N2S. The smallest absolute Gasteiger partial charge is 0.0341 e. The minimum absolute atomic E-state index is 0.293. The number of nitrogens with one attached hydrogen (secondary N) is 1. The summed E-state index contributed by atoms with van der Waals surface area (Å²) in [6.07, 6.45) is 0.987. The van der Waals surface area contributed by atoms with Gasteiger partial charge in [0.05, 0.1) is 0 Å². The summed E-state index contributed by atoms with van der Waals surface area (Å²) >= 11 is 1.95. The number of hydrogen-bond donors (Lipinski definition) is 2. The minimum Gasteiger partial charge on any atom is -0.271 e.